The molecule has 0 bridgehead atoms. The summed E-state index contributed by atoms with van der Waals surface area (Å²) < 4.78 is 5.28. The molecule has 3 atom stereocenters. The predicted octanol–water partition coefficient (Wildman–Crippen LogP) is 4.05. The lowest BCUT2D eigenvalue weighted by molar-refractivity contribution is -0.126. The minimum absolute atomic E-state index is 0.250. The van der Waals surface area contributed by atoms with E-state index in [1.54, 1.807) is 18.2 Å². The molecule has 6 heteroatoms. The molecule has 2 aliphatic rings. The average Bonchev–Trinajstić information content (AvgIpc) is 3.30. The van der Waals surface area contributed by atoms with E-state index >= 15 is 0 Å². The van der Waals surface area contributed by atoms with Crippen molar-refractivity contribution in [2.45, 2.75) is 19.1 Å². The van der Waals surface area contributed by atoms with Crippen molar-refractivity contribution in [3.05, 3.63) is 90.0 Å². The number of nitrogens with zero attached hydrogens (tertiary/aromatic N) is 2. The first kappa shape index (κ1) is 19.3. The van der Waals surface area contributed by atoms with Crippen molar-refractivity contribution >= 4 is 23.2 Å². The molecule has 0 radical (unpaired) electrons. The smallest absolute Gasteiger partial charge is 0.266 e. The highest BCUT2D eigenvalue weighted by atomic mass is 16.7. The second kappa shape index (κ2) is 7.56. The number of ether oxygens (including phenoxy) is 1. The second-order valence-corrected chi connectivity index (χ2v) is 7.78. The van der Waals surface area contributed by atoms with E-state index in [0.29, 0.717) is 5.69 Å². The van der Waals surface area contributed by atoms with Gasteiger partial charge in [-0.2, -0.15) is 0 Å². The Balaban J connectivity index is 1.58. The fourth-order valence-corrected chi connectivity index (χ4v) is 4.37. The Morgan fingerprint density at radius 3 is 2.23 bits per heavy atom. The second-order valence-electron chi connectivity index (χ2n) is 7.78. The highest BCUT2D eigenvalue weighted by Crippen LogP contribution is 2.47. The zero-order valence-corrected chi connectivity index (χ0v) is 17.3. The number of imide groups is 1. The van der Waals surface area contributed by atoms with Crippen LogP contribution in [0, 0.1) is 12.8 Å². The van der Waals surface area contributed by atoms with E-state index in [4.69, 9.17) is 9.57 Å². The number of fused-ring (bicyclic) bond motifs is 1. The average molecular weight is 414 g/mol. The van der Waals surface area contributed by atoms with Crippen LogP contribution in [-0.2, 0) is 14.4 Å². The van der Waals surface area contributed by atoms with Crippen molar-refractivity contribution in [1.29, 1.82) is 0 Å². The molecule has 6 nitrogen and oxygen atoms in total. The van der Waals surface area contributed by atoms with Gasteiger partial charge in [0, 0.05) is 0 Å². The molecule has 0 aromatic heterocycles. The van der Waals surface area contributed by atoms with Crippen LogP contribution in [0.5, 0.6) is 5.75 Å². The topological polar surface area (TPSA) is 59.1 Å². The van der Waals surface area contributed by atoms with E-state index in [1.165, 1.54) is 4.90 Å². The summed E-state index contributed by atoms with van der Waals surface area (Å²) in [5, 5.41) is 1.69. The summed E-state index contributed by atoms with van der Waals surface area (Å²) in [6.07, 6.45) is -0.875. The summed E-state index contributed by atoms with van der Waals surface area (Å²) in [6, 6.07) is 24.0. The molecule has 0 aliphatic carbocycles. The Morgan fingerprint density at radius 1 is 0.839 bits per heavy atom. The van der Waals surface area contributed by atoms with Gasteiger partial charge in [0.05, 0.1) is 24.5 Å². The lowest BCUT2D eigenvalue weighted by atomic mass is 9.90. The largest absolute Gasteiger partial charge is 0.497 e. The van der Waals surface area contributed by atoms with Crippen molar-refractivity contribution in [3.8, 4) is 5.75 Å². The standard InChI is InChI=1S/C25H22N2O4/c1-16-7-6-10-19(15-16)26-24(28)21-22(17-11-13-20(30-2)14-12-17)27(31-23(21)25(26)29)18-8-4-3-5-9-18/h3-15,21-23H,1-2H3/t21-,22+,23+/m0/s1. The Morgan fingerprint density at radius 2 is 1.55 bits per heavy atom. The van der Waals surface area contributed by atoms with Gasteiger partial charge in [0.2, 0.25) is 5.91 Å². The quantitative estimate of drug-likeness (QED) is 0.603. The minimum atomic E-state index is -0.875. The van der Waals surface area contributed by atoms with Gasteiger partial charge in [0.15, 0.2) is 6.10 Å². The summed E-state index contributed by atoms with van der Waals surface area (Å²) in [6.45, 7) is 1.93. The van der Waals surface area contributed by atoms with E-state index in [-0.39, 0.29) is 11.8 Å². The third-order valence-electron chi connectivity index (χ3n) is 5.84. The van der Waals surface area contributed by atoms with Crippen LogP contribution >= 0.6 is 0 Å². The van der Waals surface area contributed by atoms with E-state index in [2.05, 4.69) is 0 Å². The van der Waals surface area contributed by atoms with Gasteiger partial charge in [-0.1, -0.05) is 42.5 Å². The molecule has 3 aromatic carbocycles. The summed E-state index contributed by atoms with van der Waals surface area (Å²) in [4.78, 5) is 34.3. The van der Waals surface area contributed by atoms with E-state index in [0.717, 1.165) is 22.6 Å². The van der Waals surface area contributed by atoms with Crippen molar-refractivity contribution in [2.24, 2.45) is 5.92 Å². The first-order chi connectivity index (χ1) is 15.1. The van der Waals surface area contributed by atoms with Crippen LogP contribution in [0.15, 0.2) is 78.9 Å². The maximum absolute atomic E-state index is 13.6. The summed E-state index contributed by atoms with van der Waals surface area (Å²) in [7, 11) is 1.61. The van der Waals surface area contributed by atoms with Crippen molar-refractivity contribution in [1.82, 2.24) is 0 Å². The number of carbonyl (C=O) groups excluding carboxylic acids is 2. The molecule has 5 rings (SSSR count). The fourth-order valence-electron chi connectivity index (χ4n) is 4.37. The SMILES string of the molecule is COc1ccc([C@@H]2[C@@H]3C(=O)N(c4cccc(C)c4)C(=O)[C@@H]3ON2c2ccccc2)cc1. The van der Waals surface area contributed by atoms with Gasteiger partial charge in [-0.25, -0.2) is 9.96 Å². The van der Waals surface area contributed by atoms with Gasteiger partial charge >= 0.3 is 0 Å². The van der Waals surface area contributed by atoms with Gasteiger partial charge in [-0.15, -0.1) is 0 Å². The van der Waals surface area contributed by atoms with Gasteiger partial charge in [-0.05, 0) is 54.4 Å². The number of rotatable bonds is 4. The van der Waals surface area contributed by atoms with Crippen LogP contribution < -0.4 is 14.7 Å². The number of amides is 2. The number of anilines is 2. The lowest BCUT2D eigenvalue weighted by Gasteiger charge is -2.28. The molecule has 3 aromatic rings. The molecule has 0 N–H and O–H groups in total. The number of hydroxylamine groups is 1. The Kier molecular flexibility index (Phi) is 4.71. The Labute approximate surface area is 180 Å². The van der Waals surface area contributed by atoms with Gasteiger partial charge < -0.3 is 4.74 Å². The minimum Gasteiger partial charge on any atom is -0.497 e. The monoisotopic (exact) mass is 414 g/mol. The number of aryl methyl sites for hydroxylation is 1. The summed E-state index contributed by atoms with van der Waals surface area (Å²) >= 11 is 0. The van der Waals surface area contributed by atoms with Crippen molar-refractivity contribution < 1.29 is 19.2 Å². The number of hydrogen-bond donors (Lipinski definition) is 0. The van der Waals surface area contributed by atoms with Crippen LogP contribution in [0.4, 0.5) is 11.4 Å². The number of para-hydroxylation sites is 1. The third kappa shape index (κ3) is 3.16. The first-order valence-electron chi connectivity index (χ1n) is 10.2. The van der Waals surface area contributed by atoms with E-state index < -0.39 is 18.1 Å². The molecule has 0 spiro atoms. The van der Waals surface area contributed by atoms with Crippen LogP contribution in [0.2, 0.25) is 0 Å². The maximum Gasteiger partial charge on any atom is 0.266 e. The molecular weight excluding hydrogens is 392 g/mol. The number of methoxy groups -OCH3 is 1. The zero-order valence-electron chi connectivity index (χ0n) is 17.3. The molecule has 0 unspecified atom stereocenters. The van der Waals surface area contributed by atoms with E-state index in [1.807, 2.05) is 79.7 Å². The maximum atomic E-state index is 13.6. The molecule has 31 heavy (non-hydrogen) atoms. The van der Waals surface area contributed by atoms with Crippen LogP contribution in [0.1, 0.15) is 17.2 Å². The number of hydrogen-bond acceptors (Lipinski definition) is 5. The molecule has 0 saturated carbocycles. The highest BCUT2D eigenvalue weighted by molar-refractivity contribution is 6.23. The molecule has 156 valence electrons. The van der Waals surface area contributed by atoms with Crippen LogP contribution in [0.3, 0.4) is 0 Å². The first-order valence-corrected chi connectivity index (χ1v) is 10.2. The molecule has 2 amide bonds. The van der Waals surface area contributed by atoms with Gasteiger partial charge in [-0.3, -0.25) is 14.4 Å². The molecule has 2 aliphatic heterocycles. The molecule has 2 saturated heterocycles. The van der Waals surface area contributed by atoms with Crippen LogP contribution in [0.25, 0.3) is 0 Å². The van der Waals surface area contributed by atoms with Gasteiger partial charge in [0.1, 0.15) is 11.7 Å². The van der Waals surface area contributed by atoms with Crippen molar-refractivity contribution in [3.63, 3.8) is 0 Å². The zero-order chi connectivity index (χ0) is 21.5. The third-order valence-corrected chi connectivity index (χ3v) is 5.84. The van der Waals surface area contributed by atoms with Crippen LogP contribution in [-0.4, -0.2) is 25.0 Å². The van der Waals surface area contributed by atoms with Crippen molar-refractivity contribution in [2.75, 3.05) is 17.1 Å². The number of carbonyl (C=O) groups is 2. The molecular formula is C25H22N2O4. The van der Waals surface area contributed by atoms with E-state index in [9.17, 15) is 9.59 Å². The normalized spacial score (nSPS) is 22.7. The summed E-state index contributed by atoms with van der Waals surface area (Å²) in [5.74, 6) is -0.514. The summed E-state index contributed by atoms with van der Waals surface area (Å²) in [5.41, 5.74) is 3.23. The lowest BCUT2D eigenvalue weighted by Crippen LogP contribution is -2.37. The van der Waals surface area contributed by atoms with Gasteiger partial charge in [0.25, 0.3) is 5.91 Å². The Hall–Kier alpha value is -3.64. The predicted molar refractivity (Wildman–Crippen MR) is 117 cm³/mol. The highest BCUT2D eigenvalue weighted by Gasteiger charge is 2.60. The molecule has 2 heterocycles. The fraction of sp³-hybridized carbons (Fsp3) is 0.200. The number of benzene rings is 3. The molecule has 2 fully saturated rings. The Bertz CT molecular complexity index is 1130.